The molecule has 34 heavy (non-hydrogen) atoms. The van der Waals surface area contributed by atoms with Gasteiger partial charge in [0.2, 0.25) is 11.8 Å². The number of benzene rings is 2. The standard InChI is InChI=1S/C27H29N5O2/c1-19-22(31-18-30-19)14-8-16-29-26(33)23-15-9-17-32(23)27(34)25(28)24(20-10-4-2-5-11-20)21-12-6-3-7-13-21/h2-7,10-13,18,23-25H,9,15-17,28H2,1H3,(H,29,33)(H,30,31)/t23-,25+/m0/s1. The highest BCUT2D eigenvalue weighted by Crippen LogP contribution is 2.29. The van der Waals surface area contributed by atoms with E-state index < -0.39 is 12.1 Å². The molecule has 3 aromatic rings. The number of hydrogen-bond acceptors (Lipinski definition) is 4. The van der Waals surface area contributed by atoms with Crippen LogP contribution >= 0.6 is 0 Å². The molecule has 2 atom stereocenters. The molecule has 0 spiro atoms. The van der Waals surface area contributed by atoms with E-state index in [-0.39, 0.29) is 24.3 Å². The van der Waals surface area contributed by atoms with Crippen LogP contribution in [0.25, 0.3) is 0 Å². The maximum Gasteiger partial charge on any atom is 0.243 e. The van der Waals surface area contributed by atoms with Gasteiger partial charge in [0.1, 0.15) is 11.7 Å². The third-order valence-corrected chi connectivity index (χ3v) is 6.19. The van der Waals surface area contributed by atoms with E-state index in [9.17, 15) is 9.59 Å². The molecule has 0 bridgehead atoms. The minimum atomic E-state index is -0.805. The van der Waals surface area contributed by atoms with Crippen LogP contribution in [0.4, 0.5) is 0 Å². The number of nitrogens with one attached hydrogen (secondary N) is 2. The van der Waals surface area contributed by atoms with E-state index in [0.29, 0.717) is 18.7 Å². The van der Waals surface area contributed by atoms with Gasteiger partial charge in [-0.05, 0) is 36.8 Å². The predicted octanol–water partition coefficient (Wildman–Crippen LogP) is 2.34. The van der Waals surface area contributed by atoms with E-state index in [1.165, 1.54) is 0 Å². The molecule has 2 aromatic carbocycles. The Bertz CT molecular complexity index is 1140. The van der Waals surface area contributed by atoms with Crippen molar-refractivity contribution in [3.63, 3.8) is 0 Å². The fourth-order valence-electron chi connectivity index (χ4n) is 4.43. The topological polar surface area (TPSA) is 104 Å². The van der Waals surface area contributed by atoms with Crippen LogP contribution in [0.2, 0.25) is 0 Å². The molecule has 2 amide bonds. The van der Waals surface area contributed by atoms with Crippen molar-refractivity contribution in [3.05, 3.63) is 89.5 Å². The quantitative estimate of drug-likeness (QED) is 0.496. The van der Waals surface area contributed by atoms with E-state index in [1.807, 2.05) is 67.6 Å². The van der Waals surface area contributed by atoms with Crippen molar-refractivity contribution >= 4 is 11.8 Å². The van der Waals surface area contributed by atoms with Gasteiger partial charge in [0, 0.05) is 18.2 Å². The highest BCUT2D eigenvalue weighted by atomic mass is 16.2. The third kappa shape index (κ3) is 5.19. The zero-order valence-corrected chi connectivity index (χ0v) is 19.2. The predicted molar refractivity (Wildman–Crippen MR) is 131 cm³/mol. The van der Waals surface area contributed by atoms with Gasteiger partial charge in [-0.2, -0.15) is 0 Å². The average molecular weight is 456 g/mol. The van der Waals surface area contributed by atoms with Gasteiger partial charge >= 0.3 is 0 Å². The summed E-state index contributed by atoms with van der Waals surface area (Å²) in [5.74, 6) is 5.13. The lowest BCUT2D eigenvalue weighted by molar-refractivity contribution is -0.139. The van der Waals surface area contributed by atoms with Crippen LogP contribution in [0.1, 0.15) is 41.3 Å². The summed E-state index contributed by atoms with van der Waals surface area (Å²) in [7, 11) is 0. The van der Waals surface area contributed by atoms with Crippen molar-refractivity contribution < 1.29 is 9.59 Å². The first-order valence-corrected chi connectivity index (χ1v) is 11.5. The number of nitrogens with two attached hydrogens (primary N) is 1. The lowest BCUT2D eigenvalue weighted by Crippen LogP contribution is -2.53. The maximum absolute atomic E-state index is 13.6. The highest BCUT2D eigenvalue weighted by molar-refractivity contribution is 5.91. The SMILES string of the molecule is Cc1[nH]cnc1C#CCNC(=O)[C@@H]1CCCN1C(=O)[C@H](N)C(c1ccccc1)c1ccccc1. The molecule has 1 aliphatic heterocycles. The molecule has 0 saturated carbocycles. The van der Waals surface area contributed by atoms with E-state index in [0.717, 1.165) is 23.2 Å². The van der Waals surface area contributed by atoms with E-state index >= 15 is 0 Å². The Hall–Kier alpha value is -3.89. The van der Waals surface area contributed by atoms with Crippen LogP contribution in [-0.2, 0) is 9.59 Å². The van der Waals surface area contributed by atoms with Crippen molar-refractivity contribution in [2.45, 2.75) is 37.8 Å². The van der Waals surface area contributed by atoms with E-state index in [1.54, 1.807) is 11.2 Å². The fraction of sp³-hybridized carbons (Fsp3) is 0.296. The second-order valence-electron chi connectivity index (χ2n) is 8.41. The molecule has 7 heteroatoms. The van der Waals surface area contributed by atoms with Gasteiger partial charge in [-0.25, -0.2) is 4.98 Å². The average Bonchev–Trinajstić information content (AvgIpc) is 3.52. The first kappa shape index (κ1) is 23.3. The summed E-state index contributed by atoms with van der Waals surface area (Å²) >= 11 is 0. The summed E-state index contributed by atoms with van der Waals surface area (Å²) in [6, 6.07) is 18.3. The van der Waals surface area contributed by atoms with Crippen LogP contribution in [0.5, 0.6) is 0 Å². The summed E-state index contributed by atoms with van der Waals surface area (Å²) in [6.45, 7) is 2.59. The molecular weight excluding hydrogens is 426 g/mol. The number of aromatic nitrogens is 2. The van der Waals surface area contributed by atoms with Crippen LogP contribution in [0.3, 0.4) is 0 Å². The first-order chi connectivity index (χ1) is 16.6. The monoisotopic (exact) mass is 455 g/mol. The van der Waals surface area contributed by atoms with Crippen molar-refractivity contribution in [1.29, 1.82) is 0 Å². The number of hydrogen-bond donors (Lipinski definition) is 3. The molecule has 2 heterocycles. The zero-order chi connectivity index (χ0) is 23.9. The lowest BCUT2D eigenvalue weighted by atomic mass is 9.84. The number of imidazole rings is 1. The van der Waals surface area contributed by atoms with Gasteiger partial charge in [-0.3, -0.25) is 9.59 Å². The van der Waals surface area contributed by atoms with Crippen molar-refractivity contribution in [1.82, 2.24) is 20.2 Å². The number of H-pyrrole nitrogens is 1. The van der Waals surface area contributed by atoms with Crippen molar-refractivity contribution in [2.24, 2.45) is 5.73 Å². The first-order valence-electron chi connectivity index (χ1n) is 11.5. The fourth-order valence-corrected chi connectivity index (χ4v) is 4.43. The number of likely N-dealkylation sites (tertiary alicyclic amines) is 1. The molecule has 4 N–H and O–H groups in total. The number of nitrogens with zero attached hydrogens (tertiary/aromatic N) is 2. The highest BCUT2D eigenvalue weighted by Gasteiger charge is 2.39. The lowest BCUT2D eigenvalue weighted by Gasteiger charge is -2.31. The van der Waals surface area contributed by atoms with Crippen LogP contribution in [0.15, 0.2) is 67.0 Å². The molecule has 174 valence electrons. The summed E-state index contributed by atoms with van der Waals surface area (Å²) in [6.07, 6.45) is 2.95. The van der Waals surface area contributed by atoms with Crippen LogP contribution < -0.4 is 11.1 Å². The van der Waals surface area contributed by atoms with Gasteiger partial charge in [-0.1, -0.05) is 66.6 Å². The van der Waals surface area contributed by atoms with Gasteiger partial charge in [-0.15, -0.1) is 0 Å². The number of rotatable bonds is 6. The molecule has 1 fully saturated rings. The van der Waals surface area contributed by atoms with E-state index in [4.69, 9.17) is 5.73 Å². The minimum Gasteiger partial charge on any atom is -0.348 e. The summed E-state index contributed by atoms with van der Waals surface area (Å²) in [4.78, 5) is 35.2. The Kier molecular flexibility index (Phi) is 7.41. The van der Waals surface area contributed by atoms with Crippen molar-refractivity contribution in [2.75, 3.05) is 13.1 Å². The zero-order valence-electron chi connectivity index (χ0n) is 19.2. The molecule has 1 saturated heterocycles. The number of aryl methyl sites for hydroxylation is 1. The van der Waals surface area contributed by atoms with Gasteiger partial charge in [0.25, 0.3) is 0 Å². The Morgan fingerprint density at radius 2 is 1.79 bits per heavy atom. The molecule has 7 nitrogen and oxygen atoms in total. The number of aromatic amines is 1. The molecule has 0 radical (unpaired) electrons. The Morgan fingerprint density at radius 1 is 1.15 bits per heavy atom. The molecule has 4 rings (SSSR count). The summed E-state index contributed by atoms with van der Waals surface area (Å²) in [5.41, 5.74) is 10.1. The molecule has 1 aromatic heterocycles. The van der Waals surface area contributed by atoms with Gasteiger partial charge in [0.15, 0.2) is 0 Å². The second kappa shape index (κ2) is 10.8. The Labute approximate surface area is 199 Å². The Balaban J connectivity index is 1.46. The number of carbonyl (C=O) groups is 2. The maximum atomic E-state index is 13.6. The summed E-state index contributed by atoms with van der Waals surface area (Å²) < 4.78 is 0. The molecule has 0 aliphatic carbocycles. The summed E-state index contributed by atoms with van der Waals surface area (Å²) in [5, 5.41) is 2.84. The van der Waals surface area contributed by atoms with E-state index in [2.05, 4.69) is 27.1 Å². The van der Waals surface area contributed by atoms with Crippen LogP contribution in [-0.4, -0.2) is 51.9 Å². The normalized spacial score (nSPS) is 16.1. The smallest absolute Gasteiger partial charge is 0.243 e. The largest absolute Gasteiger partial charge is 0.348 e. The number of amides is 2. The Morgan fingerprint density at radius 3 is 2.38 bits per heavy atom. The minimum absolute atomic E-state index is 0.187. The molecule has 0 unspecified atom stereocenters. The second-order valence-corrected chi connectivity index (χ2v) is 8.41. The van der Waals surface area contributed by atoms with Gasteiger partial charge in [0.05, 0.1) is 18.9 Å². The van der Waals surface area contributed by atoms with Gasteiger partial charge < -0.3 is 20.9 Å². The molecule has 1 aliphatic rings. The van der Waals surface area contributed by atoms with Crippen LogP contribution in [0, 0.1) is 18.8 Å². The number of carbonyl (C=O) groups excluding carboxylic acids is 2. The molecular formula is C27H29N5O2. The third-order valence-electron chi connectivity index (χ3n) is 6.19. The van der Waals surface area contributed by atoms with Crippen molar-refractivity contribution in [3.8, 4) is 11.8 Å².